The van der Waals surface area contributed by atoms with E-state index >= 15 is 0 Å². The van der Waals surface area contributed by atoms with Gasteiger partial charge in [0.1, 0.15) is 6.54 Å². The predicted molar refractivity (Wildman–Crippen MR) is 84.2 cm³/mol. The van der Waals surface area contributed by atoms with E-state index in [1.165, 1.54) is 4.68 Å². The molecular weight excluding hydrogens is 387 g/mol. The number of halogens is 1. The molecule has 0 bridgehead atoms. The van der Waals surface area contributed by atoms with E-state index in [4.69, 9.17) is 5.11 Å². The van der Waals surface area contributed by atoms with Crippen molar-refractivity contribution >= 4 is 40.2 Å². The number of aromatic nitrogens is 3. The summed E-state index contributed by atoms with van der Waals surface area (Å²) < 4.78 is 2.35. The number of carbonyl (C=O) groups is 2. The number of carboxylic acids is 1. The normalized spacial score (nSPS) is 10.4. The van der Waals surface area contributed by atoms with Crippen molar-refractivity contribution in [2.45, 2.75) is 20.4 Å². The van der Waals surface area contributed by atoms with Gasteiger partial charge < -0.3 is 10.4 Å². The minimum Gasteiger partial charge on any atom is -0.476 e. The number of aryl methyl sites for hydroxylation is 1. The SMILES string of the molecule is Cc1cc(I)ccc1NC(=O)Cn1nnc(C(=O)O)c1C. The summed E-state index contributed by atoms with van der Waals surface area (Å²) >= 11 is 2.20. The van der Waals surface area contributed by atoms with Crippen molar-refractivity contribution in [3.8, 4) is 0 Å². The molecular formula is C13H13IN4O3. The van der Waals surface area contributed by atoms with E-state index in [1.54, 1.807) is 6.92 Å². The highest BCUT2D eigenvalue weighted by Gasteiger charge is 2.17. The van der Waals surface area contributed by atoms with E-state index in [1.807, 2.05) is 25.1 Å². The van der Waals surface area contributed by atoms with Crippen molar-refractivity contribution in [2.75, 3.05) is 5.32 Å². The number of rotatable bonds is 4. The molecule has 21 heavy (non-hydrogen) atoms. The zero-order valence-corrected chi connectivity index (χ0v) is 13.6. The molecule has 7 nitrogen and oxygen atoms in total. The standard InChI is InChI=1S/C13H13IN4O3/c1-7-5-9(14)3-4-10(7)15-11(19)6-18-8(2)12(13(20)21)16-17-18/h3-5H,6H2,1-2H3,(H,15,19)(H,20,21). The number of aromatic carboxylic acids is 1. The number of carboxylic acid groups (broad SMARTS) is 1. The summed E-state index contributed by atoms with van der Waals surface area (Å²) in [6, 6.07) is 5.68. The van der Waals surface area contributed by atoms with Gasteiger partial charge in [0.25, 0.3) is 0 Å². The van der Waals surface area contributed by atoms with Crippen molar-refractivity contribution in [3.05, 3.63) is 38.7 Å². The number of benzene rings is 1. The highest BCUT2D eigenvalue weighted by atomic mass is 127. The first-order valence-electron chi connectivity index (χ1n) is 6.08. The summed E-state index contributed by atoms with van der Waals surface area (Å²) in [6.07, 6.45) is 0. The average Bonchev–Trinajstić information content (AvgIpc) is 2.74. The van der Waals surface area contributed by atoms with Crippen LogP contribution in [0.5, 0.6) is 0 Å². The summed E-state index contributed by atoms with van der Waals surface area (Å²) in [5, 5.41) is 18.9. The molecule has 2 N–H and O–H groups in total. The molecule has 0 spiro atoms. The molecule has 110 valence electrons. The quantitative estimate of drug-likeness (QED) is 0.764. The van der Waals surface area contributed by atoms with Gasteiger partial charge in [0.2, 0.25) is 5.91 Å². The number of hydrogen-bond donors (Lipinski definition) is 2. The Balaban J connectivity index is 2.10. The van der Waals surface area contributed by atoms with Crippen LogP contribution < -0.4 is 5.32 Å². The van der Waals surface area contributed by atoms with Crippen LogP contribution in [0.25, 0.3) is 0 Å². The monoisotopic (exact) mass is 400 g/mol. The van der Waals surface area contributed by atoms with Crippen LogP contribution in [0.2, 0.25) is 0 Å². The Morgan fingerprint density at radius 3 is 2.67 bits per heavy atom. The summed E-state index contributed by atoms with van der Waals surface area (Å²) in [6.45, 7) is 3.38. The number of hydrogen-bond acceptors (Lipinski definition) is 4. The fraction of sp³-hybridized carbons (Fsp3) is 0.231. The number of anilines is 1. The van der Waals surface area contributed by atoms with Crippen LogP contribution in [0, 0.1) is 17.4 Å². The fourth-order valence-electron chi connectivity index (χ4n) is 1.80. The van der Waals surface area contributed by atoms with Gasteiger partial charge in [-0.05, 0) is 60.2 Å². The molecule has 0 atom stereocenters. The van der Waals surface area contributed by atoms with Crippen LogP contribution >= 0.6 is 22.6 Å². The third-order valence-electron chi connectivity index (χ3n) is 2.94. The van der Waals surface area contributed by atoms with Crippen LogP contribution in [0.4, 0.5) is 5.69 Å². The van der Waals surface area contributed by atoms with Gasteiger partial charge in [-0.15, -0.1) is 5.10 Å². The molecule has 1 amide bonds. The Kier molecular flexibility index (Phi) is 4.56. The lowest BCUT2D eigenvalue weighted by atomic mass is 10.2. The highest BCUT2D eigenvalue weighted by molar-refractivity contribution is 14.1. The number of amides is 1. The molecule has 0 saturated heterocycles. The molecule has 8 heteroatoms. The molecule has 1 aromatic carbocycles. The van der Waals surface area contributed by atoms with Gasteiger partial charge in [0.05, 0.1) is 5.69 Å². The molecule has 0 saturated carbocycles. The van der Waals surface area contributed by atoms with Gasteiger partial charge in [-0.25, -0.2) is 9.48 Å². The fourth-order valence-corrected chi connectivity index (χ4v) is 2.45. The van der Waals surface area contributed by atoms with Gasteiger partial charge in [-0.1, -0.05) is 5.21 Å². The zero-order chi connectivity index (χ0) is 15.6. The summed E-state index contributed by atoms with van der Waals surface area (Å²) in [4.78, 5) is 22.9. The van der Waals surface area contributed by atoms with Crippen molar-refractivity contribution in [1.29, 1.82) is 0 Å². The third kappa shape index (κ3) is 3.57. The topological polar surface area (TPSA) is 97.1 Å². The molecule has 1 heterocycles. The first-order valence-corrected chi connectivity index (χ1v) is 7.15. The number of carbonyl (C=O) groups excluding carboxylic acids is 1. The van der Waals surface area contributed by atoms with Crippen molar-refractivity contribution in [2.24, 2.45) is 0 Å². The molecule has 2 rings (SSSR count). The average molecular weight is 400 g/mol. The van der Waals surface area contributed by atoms with Crippen LogP contribution in [0.1, 0.15) is 21.7 Å². The van der Waals surface area contributed by atoms with Gasteiger partial charge >= 0.3 is 5.97 Å². The van der Waals surface area contributed by atoms with Crippen molar-refractivity contribution < 1.29 is 14.7 Å². The molecule has 1 aromatic heterocycles. The van der Waals surface area contributed by atoms with E-state index in [0.717, 1.165) is 14.8 Å². The Hall–Kier alpha value is -1.97. The van der Waals surface area contributed by atoms with E-state index < -0.39 is 5.97 Å². The van der Waals surface area contributed by atoms with Gasteiger partial charge in [-0.3, -0.25) is 4.79 Å². The maximum absolute atomic E-state index is 12.0. The molecule has 0 radical (unpaired) electrons. The lowest BCUT2D eigenvalue weighted by Crippen LogP contribution is -2.21. The van der Waals surface area contributed by atoms with E-state index in [2.05, 4.69) is 38.2 Å². The molecule has 0 aliphatic rings. The Bertz CT molecular complexity index is 711. The third-order valence-corrected chi connectivity index (χ3v) is 3.61. The zero-order valence-electron chi connectivity index (χ0n) is 11.4. The summed E-state index contributed by atoms with van der Waals surface area (Å²) in [7, 11) is 0. The van der Waals surface area contributed by atoms with Crippen molar-refractivity contribution in [1.82, 2.24) is 15.0 Å². The number of nitrogens with zero attached hydrogens (tertiary/aromatic N) is 3. The van der Waals surface area contributed by atoms with Crippen LogP contribution in [0.3, 0.4) is 0 Å². The first kappa shape index (κ1) is 15.4. The first-order chi connectivity index (χ1) is 9.88. The Labute approximate surface area is 134 Å². The van der Waals surface area contributed by atoms with Crippen LogP contribution in [0.15, 0.2) is 18.2 Å². The lowest BCUT2D eigenvalue weighted by Gasteiger charge is -2.09. The van der Waals surface area contributed by atoms with Crippen LogP contribution in [-0.4, -0.2) is 32.0 Å². The second kappa shape index (κ2) is 6.20. The molecule has 0 fully saturated rings. The molecule has 0 aliphatic carbocycles. The second-order valence-corrected chi connectivity index (χ2v) is 5.74. The minimum atomic E-state index is -1.16. The second-order valence-electron chi connectivity index (χ2n) is 4.49. The van der Waals surface area contributed by atoms with Gasteiger partial charge in [0, 0.05) is 9.26 Å². The largest absolute Gasteiger partial charge is 0.476 e. The Morgan fingerprint density at radius 2 is 2.10 bits per heavy atom. The van der Waals surface area contributed by atoms with E-state index in [-0.39, 0.29) is 18.1 Å². The van der Waals surface area contributed by atoms with Gasteiger partial charge in [-0.2, -0.15) is 0 Å². The minimum absolute atomic E-state index is 0.0858. The number of nitrogens with one attached hydrogen (secondary N) is 1. The highest BCUT2D eigenvalue weighted by Crippen LogP contribution is 2.17. The van der Waals surface area contributed by atoms with Crippen molar-refractivity contribution in [3.63, 3.8) is 0 Å². The smallest absolute Gasteiger partial charge is 0.358 e. The summed E-state index contributed by atoms with van der Waals surface area (Å²) in [5.41, 5.74) is 1.87. The predicted octanol–water partition coefficient (Wildman–Crippen LogP) is 1.84. The van der Waals surface area contributed by atoms with Gasteiger partial charge in [0.15, 0.2) is 5.69 Å². The van der Waals surface area contributed by atoms with Crippen LogP contribution in [-0.2, 0) is 11.3 Å². The molecule has 0 unspecified atom stereocenters. The molecule has 2 aromatic rings. The van der Waals surface area contributed by atoms with E-state index in [0.29, 0.717) is 5.69 Å². The Morgan fingerprint density at radius 1 is 1.38 bits per heavy atom. The lowest BCUT2D eigenvalue weighted by molar-refractivity contribution is -0.117. The van der Waals surface area contributed by atoms with E-state index in [9.17, 15) is 9.59 Å². The maximum Gasteiger partial charge on any atom is 0.358 e. The summed E-state index contributed by atoms with van der Waals surface area (Å²) in [5.74, 6) is -1.45. The maximum atomic E-state index is 12.0. The molecule has 0 aliphatic heterocycles.